The van der Waals surface area contributed by atoms with Crippen LogP contribution < -0.4 is 0 Å². The van der Waals surface area contributed by atoms with Gasteiger partial charge in [0, 0.05) is 0 Å². The molecule has 67 heavy (non-hydrogen) atoms. The minimum Gasteiger partial charge on any atom is -0.0836 e. The van der Waals surface area contributed by atoms with Gasteiger partial charge in [0.05, 0.1) is 0 Å². The fourth-order valence-electron chi connectivity index (χ4n) is 8.92. The summed E-state index contributed by atoms with van der Waals surface area (Å²) in [5.41, 5.74) is 24.7. The normalized spacial score (nSPS) is 11.7. The molecule has 8 aromatic carbocycles. The lowest BCUT2D eigenvalue weighted by atomic mass is 9.89. The van der Waals surface area contributed by atoms with Gasteiger partial charge in [0.25, 0.3) is 0 Å². The van der Waals surface area contributed by atoms with Crippen molar-refractivity contribution in [2.24, 2.45) is 0 Å². The maximum atomic E-state index is 2.31. The summed E-state index contributed by atoms with van der Waals surface area (Å²) in [5, 5.41) is 0. The molecule has 0 fully saturated rings. The molecular formula is C67H74. The number of rotatable bonds is 10. The van der Waals surface area contributed by atoms with Gasteiger partial charge >= 0.3 is 0 Å². The highest BCUT2D eigenvalue weighted by molar-refractivity contribution is 5.78. The molecule has 8 aromatic rings. The molecule has 1 aliphatic rings. The fourth-order valence-corrected chi connectivity index (χ4v) is 8.92. The molecule has 0 N–H and O–H groups in total. The highest BCUT2D eigenvalue weighted by Crippen LogP contribution is 2.34. The van der Waals surface area contributed by atoms with Crippen molar-refractivity contribution < 1.29 is 0 Å². The van der Waals surface area contributed by atoms with E-state index in [1.807, 2.05) is 0 Å². The third-order valence-electron chi connectivity index (χ3n) is 13.1. The molecule has 342 valence electrons. The third-order valence-corrected chi connectivity index (χ3v) is 13.1. The van der Waals surface area contributed by atoms with Gasteiger partial charge in [0.2, 0.25) is 0 Å². The zero-order chi connectivity index (χ0) is 47.5. The molecule has 0 radical (unpaired) electrons. The quantitative estimate of drug-likeness (QED) is 0.128. The minimum absolute atomic E-state index is 0.616. The van der Waals surface area contributed by atoms with Crippen LogP contribution in [0.4, 0.5) is 0 Å². The molecule has 0 bridgehead atoms. The van der Waals surface area contributed by atoms with Gasteiger partial charge in [-0.05, 0) is 156 Å². The summed E-state index contributed by atoms with van der Waals surface area (Å²) in [4.78, 5) is 0. The van der Waals surface area contributed by atoms with Gasteiger partial charge in [0.1, 0.15) is 0 Å². The van der Waals surface area contributed by atoms with Gasteiger partial charge in [-0.1, -0.05) is 251 Å². The summed E-state index contributed by atoms with van der Waals surface area (Å²) >= 11 is 0. The van der Waals surface area contributed by atoms with Gasteiger partial charge in [-0.3, -0.25) is 0 Å². The SMILES string of the molecule is CCCc1ccc(-c2cccc3c2C=CCC3)cc1.CCCc1ccc(C)cc1-c1ccccc1C.CC[C@@H](C)c1ccccc1-c1ccccc1C.Cc1ccc(-c2ccc(C)cc2)cc1. The molecule has 0 saturated heterocycles. The van der Waals surface area contributed by atoms with Crippen LogP contribution >= 0.6 is 0 Å². The number of hydrogen-bond acceptors (Lipinski definition) is 0. The molecule has 0 aromatic heterocycles. The van der Waals surface area contributed by atoms with Gasteiger partial charge in [-0.25, -0.2) is 0 Å². The van der Waals surface area contributed by atoms with E-state index in [-0.39, 0.29) is 0 Å². The van der Waals surface area contributed by atoms with Crippen LogP contribution in [0.2, 0.25) is 0 Å². The number of aryl methyl sites for hydroxylation is 8. The predicted molar refractivity (Wildman–Crippen MR) is 295 cm³/mol. The van der Waals surface area contributed by atoms with Crippen LogP contribution in [0.3, 0.4) is 0 Å². The van der Waals surface area contributed by atoms with Crippen molar-refractivity contribution in [1.29, 1.82) is 0 Å². The van der Waals surface area contributed by atoms with Crippen molar-refractivity contribution >= 4 is 6.08 Å². The van der Waals surface area contributed by atoms with E-state index < -0.39 is 0 Å². The average molecular weight is 879 g/mol. The monoisotopic (exact) mass is 879 g/mol. The predicted octanol–water partition coefficient (Wildman–Crippen LogP) is 19.3. The zero-order valence-corrected chi connectivity index (χ0v) is 42.0. The average Bonchev–Trinajstić information content (AvgIpc) is 3.36. The van der Waals surface area contributed by atoms with Crippen LogP contribution in [-0.4, -0.2) is 0 Å². The van der Waals surface area contributed by atoms with Crippen LogP contribution in [0.15, 0.2) is 188 Å². The van der Waals surface area contributed by atoms with Crippen LogP contribution in [0, 0.1) is 34.6 Å². The summed E-state index contributed by atoms with van der Waals surface area (Å²) in [5.74, 6) is 0.616. The third kappa shape index (κ3) is 14.0. The Hall–Kier alpha value is -6.50. The molecule has 0 spiro atoms. The Bertz CT molecular complexity index is 2740. The van der Waals surface area contributed by atoms with Gasteiger partial charge in [0.15, 0.2) is 0 Å². The Balaban J connectivity index is 0.000000148. The topological polar surface area (TPSA) is 0 Å². The zero-order valence-electron chi connectivity index (χ0n) is 42.0. The van der Waals surface area contributed by atoms with Gasteiger partial charge in [-0.2, -0.15) is 0 Å². The molecule has 1 aliphatic carbocycles. The maximum Gasteiger partial charge on any atom is -0.0109 e. The molecule has 0 amide bonds. The van der Waals surface area contributed by atoms with Gasteiger partial charge < -0.3 is 0 Å². The molecule has 0 nitrogen and oxygen atoms in total. The molecule has 0 heteroatoms. The van der Waals surface area contributed by atoms with E-state index in [0.717, 1.165) is 6.42 Å². The van der Waals surface area contributed by atoms with Crippen molar-refractivity contribution in [3.8, 4) is 44.5 Å². The number of allylic oxidation sites excluding steroid dienone is 1. The van der Waals surface area contributed by atoms with E-state index in [4.69, 9.17) is 0 Å². The maximum absolute atomic E-state index is 2.31. The summed E-state index contributed by atoms with van der Waals surface area (Å²) in [6.45, 7) is 19.8. The fraction of sp³-hybridized carbons (Fsp3) is 0.254. The smallest absolute Gasteiger partial charge is 0.0109 e. The second kappa shape index (κ2) is 25.4. The van der Waals surface area contributed by atoms with Crippen LogP contribution in [-0.2, 0) is 19.3 Å². The van der Waals surface area contributed by atoms with E-state index in [1.165, 1.54) is 139 Å². The second-order valence-electron chi connectivity index (χ2n) is 18.4. The lowest BCUT2D eigenvalue weighted by Gasteiger charge is -2.16. The number of fused-ring (bicyclic) bond motifs is 1. The first-order valence-electron chi connectivity index (χ1n) is 24.9. The van der Waals surface area contributed by atoms with Crippen LogP contribution in [0.5, 0.6) is 0 Å². The Morgan fingerprint density at radius 3 is 1.51 bits per heavy atom. The Morgan fingerprint density at radius 1 is 0.433 bits per heavy atom. The van der Waals surface area contributed by atoms with E-state index in [1.54, 1.807) is 0 Å². The largest absolute Gasteiger partial charge is 0.0836 e. The van der Waals surface area contributed by atoms with E-state index in [9.17, 15) is 0 Å². The molecule has 0 aliphatic heterocycles. The van der Waals surface area contributed by atoms with Crippen molar-refractivity contribution in [2.75, 3.05) is 0 Å². The second-order valence-corrected chi connectivity index (χ2v) is 18.4. The minimum atomic E-state index is 0.616. The number of hydrogen-bond donors (Lipinski definition) is 0. The van der Waals surface area contributed by atoms with E-state index >= 15 is 0 Å². The van der Waals surface area contributed by atoms with E-state index in [0.29, 0.717) is 5.92 Å². The Kier molecular flexibility index (Phi) is 18.9. The summed E-state index contributed by atoms with van der Waals surface area (Å²) in [7, 11) is 0. The summed E-state index contributed by atoms with van der Waals surface area (Å²) < 4.78 is 0. The van der Waals surface area contributed by atoms with Crippen molar-refractivity contribution in [3.05, 3.63) is 244 Å². The lowest BCUT2D eigenvalue weighted by molar-refractivity contribution is 0.735. The van der Waals surface area contributed by atoms with E-state index in [2.05, 4.69) is 256 Å². The molecular weight excluding hydrogens is 805 g/mol. The molecule has 0 heterocycles. The van der Waals surface area contributed by atoms with Gasteiger partial charge in [-0.15, -0.1) is 0 Å². The first-order chi connectivity index (χ1) is 32.6. The van der Waals surface area contributed by atoms with Crippen molar-refractivity contribution in [3.63, 3.8) is 0 Å². The standard InChI is InChI=1S/C19H20.2C17H20.C14H14/c1-2-6-15-11-13-17(14-12-15)19-10-5-8-16-7-3-4-9-18(16)19;1-4-13(2)15-10-7-8-12-17(15)16-11-6-5-9-14(16)3;1-4-7-15-11-10-13(2)12-17(15)16-9-6-5-8-14(16)3;1-11-3-7-13(8-4-11)14-9-5-12(2)6-10-14/h4-5,8-14H,2-3,6-7H2,1H3;5-13H,4H2,1-3H3;5-6,8-12H,4,7H2,1-3H3;3-10H,1-2H3/t;13-;;/m.1../s1. The summed E-state index contributed by atoms with van der Waals surface area (Å²) in [6, 6.07) is 65.9. The Labute approximate surface area is 405 Å². The molecule has 0 saturated carbocycles. The first kappa shape index (κ1) is 49.9. The van der Waals surface area contributed by atoms with Crippen molar-refractivity contribution in [2.45, 2.75) is 113 Å². The Morgan fingerprint density at radius 2 is 0.940 bits per heavy atom. The highest BCUT2D eigenvalue weighted by Gasteiger charge is 2.12. The van der Waals surface area contributed by atoms with Crippen LogP contribution in [0.1, 0.15) is 115 Å². The number of benzene rings is 8. The summed E-state index contributed by atoms with van der Waals surface area (Å²) in [6.07, 6.45) is 12.8. The van der Waals surface area contributed by atoms with Crippen molar-refractivity contribution in [1.82, 2.24) is 0 Å². The van der Waals surface area contributed by atoms with Crippen LogP contribution in [0.25, 0.3) is 50.6 Å². The molecule has 1 atom stereocenters. The molecule has 0 unspecified atom stereocenters. The lowest BCUT2D eigenvalue weighted by Crippen LogP contribution is -1.96. The first-order valence-corrected chi connectivity index (χ1v) is 24.9. The highest BCUT2D eigenvalue weighted by atomic mass is 14.2. The molecule has 9 rings (SSSR count).